The number of rotatable bonds is 2. The van der Waals surface area contributed by atoms with Crippen molar-refractivity contribution in [1.29, 1.82) is 0 Å². The van der Waals surface area contributed by atoms with Crippen LogP contribution in [0.5, 0.6) is 0 Å². The van der Waals surface area contributed by atoms with Crippen LogP contribution < -0.4 is 0 Å². The Morgan fingerprint density at radius 3 is 2.53 bits per heavy atom. The third-order valence-electron chi connectivity index (χ3n) is 2.08. The summed E-state index contributed by atoms with van der Waals surface area (Å²) in [5.41, 5.74) is -0.0208. The highest BCUT2D eigenvalue weighted by molar-refractivity contribution is 9.11. The van der Waals surface area contributed by atoms with Crippen molar-refractivity contribution in [3.05, 3.63) is 53.8 Å². The van der Waals surface area contributed by atoms with Crippen LogP contribution in [0.25, 0.3) is 0 Å². The lowest BCUT2D eigenvalue weighted by Crippen LogP contribution is -2.02. The lowest BCUT2D eigenvalue weighted by atomic mass is 10.1. The van der Waals surface area contributed by atoms with Gasteiger partial charge in [0.25, 0.3) is 0 Å². The van der Waals surface area contributed by atoms with E-state index in [1.807, 2.05) is 0 Å². The molecule has 0 aliphatic carbocycles. The highest BCUT2D eigenvalue weighted by atomic mass is 79.9. The first kappa shape index (κ1) is 13.2. The Labute approximate surface area is 123 Å². The van der Waals surface area contributed by atoms with Crippen molar-refractivity contribution in [1.82, 2.24) is 0 Å². The molecule has 0 unspecified atom stereocenters. The fourth-order valence-corrected chi connectivity index (χ4v) is 3.08. The van der Waals surface area contributed by atoms with Crippen LogP contribution >= 0.6 is 54.8 Å². The van der Waals surface area contributed by atoms with Crippen LogP contribution in [0, 0.1) is 5.82 Å². The first-order valence-electron chi connectivity index (χ1n) is 4.44. The molecule has 6 heteroatoms. The minimum atomic E-state index is -0.699. The minimum absolute atomic E-state index is 0.0208. The van der Waals surface area contributed by atoms with E-state index >= 15 is 0 Å². The van der Waals surface area contributed by atoms with Gasteiger partial charge in [-0.25, -0.2) is 4.39 Å². The monoisotopic (exact) mass is 396 g/mol. The number of halogens is 4. The van der Waals surface area contributed by atoms with E-state index in [-0.39, 0.29) is 16.4 Å². The van der Waals surface area contributed by atoms with E-state index in [0.29, 0.717) is 9.35 Å². The van der Waals surface area contributed by atoms with Crippen LogP contribution in [0.15, 0.2) is 32.5 Å². The molecule has 88 valence electrons. The van der Waals surface area contributed by atoms with Crippen LogP contribution in [0.4, 0.5) is 4.39 Å². The number of thiophene rings is 1. The van der Waals surface area contributed by atoms with E-state index in [9.17, 15) is 9.18 Å². The molecule has 0 saturated heterocycles. The second kappa shape index (κ2) is 5.18. The van der Waals surface area contributed by atoms with Gasteiger partial charge in [0, 0.05) is 4.47 Å². The van der Waals surface area contributed by atoms with Crippen molar-refractivity contribution < 1.29 is 9.18 Å². The van der Waals surface area contributed by atoms with Gasteiger partial charge in [-0.15, -0.1) is 11.3 Å². The molecule has 1 nitrogen and oxygen atoms in total. The molecule has 0 amide bonds. The molecule has 2 rings (SSSR count). The first-order chi connectivity index (χ1) is 8.00. The molecule has 17 heavy (non-hydrogen) atoms. The Morgan fingerprint density at radius 1 is 1.24 bits per heavy atom. The average molecular weight is 398 g/mol. The van der Waals surface area contributed by atoms with Gasteiger partial charge in [-0.1, -0.05) is 11.6 Å². The number of ketones is 1. The molecular formula is C11H4Br2ClFOS. The molecule has 0 fully saturated rings. The zero-order valence-electron chi connectivity index (χ0n) is 8.14. The van der Waals surface area contributed by atoms with Gasteiger partial charge in [-0.3, -0.25) is 4.79 Å². The quantitative estimate of drug-likeness (QED) is 0.496. The maximum atomic E-state index is 13.8. The SMILES string of the molecule is O=C(c1ccc(Br)s1)c1ccc(Br)c(Cl)c1F. The molecule has 1 aromatic carbocycles. The number of carbonyl (C=O) groups is 1. The van der Waals surface area contributed by atoms with Crippen LogP contribution in [-0.4, -0.2) is 5.78 Å². The Bertz CT molecular complexity index is 597. The second-order valence-corrected chi connectivity index (χ2v) is 6.85. The molecule has 1 heterocycles. The number of carbonyl (C=O) groups excluding carboxylic acids is 1. The molecule has 0 N–H and O–H groups in total. The van der Waals surface area contributed by atoms with Crippen LogP contribution in [0.3, 0.4) is 0 Å². The topological polar surface area (TPSA) is 17.1 Å². The highest BCUT2D eigenvalue weighted by Gasteiger charge is 2.19. The Balaban J connectivity index is 2.48. The zero-order chi connectivity index (χ0) is 12.6. The van der Waals surface area contributed by atoms with E-state index in [0.717, 1.165) is 3.79 Å². The Morgan fingerprint density at radius 2 is 1.94 bits per heavy atom. The average Bonchev–Trinajstić information content (AvgIpc) is 2.72. The maximum Gasteiger partial charge on any atom is 0.205 e. The van der Waals surface area contributed by atoms with E-state index in [4.69, 9.17) is 11.6 Å². The van der Waals surface area contributed by atoms with Crippen LogP contribution in [-0.2, 0) is 0 Å². The summed E-state index contributed by atoms with van der Waals surface area (Å²) >= 11 is 13.4. The molecule has 0 aliphatic rings. The van der Waals surface area contributed by atoms with Gasteiger partial charge in [0.2, 0.25) is 5.78 Å². The van der Waals surface area contributed by atoms with Gasteiger partial charge in [0.15, 0.2) is 5.82 Å². The normalized spacial score (nSPS) is 10.6. The molecule has 0 atom stereocenters. The lowest BCUT2D eigenvalue weighted by Gasteiger charge is -2.03. The molecule has 1 aromatic heterocycles. The van der Waals surface area contributed by atoms with Gasteiger partial charge in [-0.05, 0) is 56.1 Å². The van der Waals surface area contributed by atoms with Gasteiger partial charge in [-0.2, -0.15) is 0 Å². The van der Waals surface area contributed by atoms with E-state index in [2.05, 4.69) is 31.9 Å². The summed E-state index contributed by atoms with van der Waals surface area (Å²) in [5, 5.41) is -0.0773. The third-order valence-corrected chi connectivity index (χ3v) is 4.96. The van der Waals surface area contributed by atoms with Crippen LogP contribution in [0.2, 0.25) is 5.02 Å². The lowest BCUT2D eigenvalue weighted by molar-refractivity contribution is 0.103. The zero-order valence-corrected chi connectivity index (χ0v) is 12.9. The van der Waals surface area contributed by atoms with Crippen molar-refractivity contribution >= 4 is 60.6 Å². The molecule has 0 bridgehead atoms. The van der Waals surface area contributed by atoms with E-state index in [1.54, 1.807) is 18.2 Å². The number of benzene rings is 1. The predicted molar refractivity (Wildman–Crippen MR) is 74.6 cm³/mol. The Hall–Kier alpha value is -0.230. The summed E-state index contributed by atoms with van der Waals surface area (Å²) in [5.74, 6) is -1.07. The Kier molecular flexibility index (Phi) is 4.02. The molecule has 0 radical (unpaired) electrons. The standard InChI is InChI=1S/C11H4Br2ClFOS/c12-6-2-1-5(10(15)9(6)14)11(16)7-3-4-8(13)17-7/h1-4H. The van der Waals surface area contributed by atoms with Gasteiger partial charge in [0.1, 0.15) is 0 Å². The maximum absolute atomic E-state index is 13.8. The molecule has 0 saturated carbocycles. The van der Waals surface area contributed by atoms with Gasteiger partial charge >= 0.3 is 0 Å². The summed E-state index contributed by atoms with van der Waals surface area (Å²) < 4.78 is 15.1. The van der Waals surface area contributed by atoms with Crippen molar-refractivity contribution in [3.63, 3.8) is 0 Å². The summed E-state index contributed by atoms with van der Waals surface area (Å²) in [6.07, 6.45) is 0. The van der Waals surface area contributed by atoms with E-state index < -0.39 is 5.82 Å². The van der Waals surface area contributed by atoms with Gasteiger partial charge < -0.3 is 0 Å². The smallest absolute Gasteiger partial charge is 0.205 e. The first-order valence-corrected chi connectivity index (χ1v) is 7.22. The van der Waals surface area contributed by atoms with E-state index in [1.165, 1.54) is 17.4 Å². The molecule has 0 spiro atoms. The fraction of sp³-hybridized carbons (Fsp3) is 0. The van der Waals surface area contributed by atoms with Crippen molar-refractivity contribution in [3.8, 4) is 0 Å². The van der Waals surface area contributed by atoms with Crippen molar-refractivity contribution in [2.45, 2.75) is 0 Å². The summed E-state index contributed by atoms with van der Waals surface area (Å²) in [6.45, 7) is 0. The summed E-state index contributed by atoms with van der Waals surface area (Å²) in [6, 6.07) is 6.37. The minimum Gasteiger partial charge on any atom is -0.288 e. The molecule has 2 aromatic rings. The fourth-order valence-electron chi connectivity index (χ4n) is 1.27. The van der Waals surface area contributed by atoms with Crippen molar-refractivity contribution in [2.75, 3.05) is 0 Å². The van der Waals surface area contributed by atoms with Crippen LogP contribution in [0.1, 0.15) is 15.2 Å². The highest BCUT2D eigenvalue weighted by Crippen LogP contribution is 2.30. The third kappa shape index (κ3) is 2.62. The van der Waals surface area contributed by atoms with Gasteiger partial charge in [0.05, 0.1) is 19.2 Å². The number of hydrogen-bond donors (Lipinski definition) is 0. The molecule has 0 aliphatic heterocycles. The summed E-state index contributed by atoms with van der Waals surface area (Å²) in [4.78, 5) is 12.5. The molecular weight excluding hydrogens is 394 g/mol. The van der Waals surface area contributed by atoms with Crippen molar-refractivity contribution in [2.24, 2.45) is 0 Å². The summed E-state index contributed by atoms with van der Waals surface area (Å²) in [7, 11) is 0. The number of hydrogen-bond acceptors (Lipinski definition) is 2. The second-order valence-electron chi connectivity index (χ2n) is 3.16. The predicted octanol–water partition coefficient (Wildman–Crippen LogP) is 5.30. The largest absolute Gasteiger partial charge is 0.288 e.